The van der Waals surface area contributed by atoms with E-state index in [1.54, 1.807) is 13.2 Å². The number of carbonyl (C=O) groups is 1. The van der Waals surface area contributed by atoms with Gasteiger partial charge in [0.1, 0.15) is 22.9 Å². The smallest absolute Gasteiger partial charge is 0.356 e. The molecule has 1 aliphatic heterocycles. The topological polar surface area (TPSA) is 88.8 Å². The lowest BCUT2D eigenvalue weighted by molar-refractivity contribution is -0.141. The van der Waals surface area contributed by atoms with Gasteiger partial charge in [0.25, 0.3) is 5.91 Å². The Hall–Kier alpha value is -3.50. The van der Waals surface area contributed by atoms with Crippen LogP contribution < -0.4 is 10.2 Å². The molecular weight excluding hydrogens is 411 g/mol. The van der Waals surface area contributed by atoms with E-state index in [0.29, 0.717) is 32.0 Å². The van der Waals surface area contributed by atoms with Crippen LogP contribution in [0.3, 0.4) is 0 Å². The highest BCUT2D eigenvalue weighted by molar-refractivity contribution is 5.93. The molecule has 0 saturated carbocycles. The zero-order chi connectivity index (χ0) is 22.0. The van der Waals surface area contributed by atoms with Crippen LogP contribution in [0.5, 0.6) is 0 Å². The molecule has 1 amide bonds. The van der Waals surface area contributed by atoms with Crippen molar-refractivity contribution in [1.29, 1.82) is 0 Å². The third kappa shape index (κ3) is 4.65. The molecule has 1 N–H and O–H groups in total. The predicted molar refractivity (Wildman–Crippen MR) is 106 cm³/mol. The molecule has 31 heavy (non-hydrogen) atoms. The second-order valence-electron chi connectivity index (χ2n) is 7.27. The van der Waals surface area contributed by atoms with Crippen LogP contribution in [0.4, 0.5) is 19.0 Å². The van der Waals surface area contributed by atoms with Gasteiger partial charge in [0.05, 0.1) is 12.5 Å². The summed E-state index contributed by atoms with van der Waals surface area (Å²) in [6, 6.07) is 6.17. The van der Waals surface area contributed by atoms with Crippen molar-refractivity contribution >= 4 is 11.7 Å². The van der Waals surface area contributed by atoms with E-state index in [9.17, 15) is 18.0 Å². The quantitative estimate of drug-likeness (QED) is 0.683. The summed E-state index contributed by atoms with van der Waals surface area (Å²) in [4.78, 5) is 30.7. The molecule has 0 aromatic carbocycles. The maximum Gasteiger partial charge on any atom is 0.433 e. The van der Waals surface area contributed by atoms with Gasteiger partial charge in [0.15, 0.2) is 5.82 Å². The number of pyridine rings is 1. The minimum atomic E-state index is -4.71. The van der Waals surface area contributed by atoms with Crippen LogP contribution in [0.25, 0.3) is 11.5 Å². The second-order valence-corrected chi connectivity index (χ2v) is 7.27. The first-order chi connectivity index (χ1) is 14.8. The Bertz CT molecular complexity index is 1060. The molecular formula is C20H20F3N7O. The number of anilines is 1. The van der Waals surface area contributed by atoms with Crippen molar-refractivity contribution in [3.63, 3.8) is 0 Å². The van der Waals surface area contributed by atoms with E-state index in [-0.39, 0.29) is 23.3 Å². The molecule has 4 heterocycles. The van der Waals surface area contributed by atoms with Gasteiger partial charge in [-0.1, -0.05) is 6.07 Å². The number of imidazole rings is 1. The lowest BCUT2D eigenvalue weighted by atomic mass is 10.0. The fourth-order valence-corrected chi connectivity index (χ4v) is 3.45. The molecule has 0 aliphatic carbocycles. The summed E-state index contributed by atoms with van der Waals surface area (Å²) >= 11 is 0. The first kappa shape index (κ1) is 20.8. The fourth-order valence-electron chi connectivity index (χ4n) is 3.45. The molecule has 11 heteroatoms. The highest BCUT2D eigenvalue weighted by Gasteiger charge is 2.35. The number of nitrogens with one attached hydrogen (secondary N) is 1. The number of hydrogen-bond acceptors (Lipinski definition) is 6. The molecule has 3 aromatic rings. The maximum atomic E-state index is 13.4. The van der Waals surface area contributed by atoms with Gasteiger partial charge in [-0.15, -0.1) is 0 Å². The van der Waals surface area contributed by atoms with Crippen molar-refractivity contribution in [3.8, 4) is 11.5 Å². The van der Waals surface area contributed by atoms with Gasteiger partial charge in [-0.2, -0.15) is 13.2 Å². The van der Waals surface area contributed by atoms with Crippen LogP contribution in [0.2, 0.25) is 0 Å². The number of hydrogen-bond donors (Lipinski definition) is 1. The van der Waals surface area contributed by atoms with E-state index in [2.05, 4.69) is 30.2 Å². The van der Waals surface area contributed by atoms with Crippen molar-refractivity contribution in [3.05, 3.63) is 54.4 Å². The zero-order valence-electron chi connectivity index (χ0n) is 16.7. The van der Waals surface area contributed by atoms with Crippen molar-refractivity contribution in [2.24, 2.45) is 7.05 Å². The van der Waals surface area contributed by atoms with Crippen LogP contribution in [-0.2, 0) is 13.2 Å². The van der Waals surface area contributed by atoms with Crippen LogP contribution in [0, 0.1) is 0 Å². The molecule has 0 atom stereocenters. The number of aryl methyl sites for hydroxylation is 1. The summed E-state index contributed by atoms with van der Waals surface area (Å²) in [6.45, 7) is 1.36. The van der Waals surface area contributed by atoms with E-state index in [0.717, 1.165) is 5.82 Å². The predicted octanol–water partition coefficient (Wildman–Crippen LogP) is 2.69. The lowest BCUT2D eigenvalue weighted by Gasteiger charge is -2.33. The average Bonchev–Trinajstić information content (AvgIpc) is 3.20. The van der Waals surface area contributed by atoms with Crippen LogP contribution in [0.1, 0.15) is 29.0 Å². The molecule has 0 radical (unpaired) electrons. The number of aromatic nitrogens is 5. The molecule has 8 nitrogen and oxygen atoms in total. The Morgan fingerprint density at radius 3 is 2.58 bits per heavy atom. The first-order valence-electron chi connectivity index (χ1n) is 9.71. The summed E-state index contributed by atoms with van der Waals surface area (Å²) in [5, 5.41) is 2.81. The minimum absolute atomic E-state index is 0.170. The number of rotatable bonds is 4. The summed E-state index contributed by atoms with van der Waals surface area (Å²) in [5.74, 6) is -0.00346. The molecule has 0 bridgehead atoms. The highest BCUT2D eigenvalue weighted by Crippen LogP contribution is 2.29. The lowest BCUT2D eigenvalue weighted by Crippen LogP contribution is -2.45. The van der Waals surface area contributed by atoms with E-state index in [4.69, 9.17) is 0 Å². The molecule has 1 saturated heterocycles. The largest absolute Gasteiger partial charge is 0.433 e. The van der Waals surface area contributed by atoms with E-state index < -0.39 is 17.8 Å². The third-order valence-electron chi connectivity index (χ3n) is 5.10. The Morgan fingerprint density at radius 1 is 1.19 bits per heavy atom. The van der Waals surface area contributed by atoms with Crippen molar-refractivity contribution < 1.29 is 18.0 Å². The van der Waals surface area contributed by atoms with Crippen LogP contribution >= 0.6 is 0 Å². The zero-order valence-corrected chi connectivity index (χ0v) is 16.7. The van der Waals surface area contributed by atoms with E-state index in [1.165, 1.54) is 17.1 Å². The van der Waals surface area contributed by atoms with Crippen molar-refractivity contribution in [1.82, 2.24) is 29.8 Å². The number of carbonyl (C=O) groups excluding carboxylic acids is 1. The summed E-state index contributed by atoms with van der Waals surface area (Å²) in [6.07, 6.45) is 1.08. The molecule has 1 aliphatic rings. The number of amides is 1. The normalized spacial score (nSPS) is 15.2. The van der Waals surface area contributed by atoms with Crippen LogP contribution in [-0.4, -0.2) is 49.5 Å². The number of halogens is 3. The molecule has 3 aromatic heterocycles. The monoisotopic (exact) mass is 431 g/mol. The fraction of sp³-hybridized carbons (Fsp3) is 0.350. The Kier molecular flexibility index (Phi) is 5.57. The van der Waals surface area contributed by atoms with E-state index in [1.807, 2.05) is 18.2 Å². The SMILES string of the molecule is Cn1cncc1-c1nc(C(=O)NC2CCN(c3ccccn3)CC2)cc(C(F)(F)F)n1. The summed E-state index contributed by atoms with van der Waals surface area (Å²) < 4.78 is 41.6. The number of piperidine rings is 1. The van der Waals surface area contributed by atoms with E-state index >= 15 is 0 Å². The Morgan fingerprint density at radius 2 is 1.97 bits per heavy atom. The standard InChI is InChI=1S/C20H20F3N7O/c1-29-12-24-11-15(29)18-27-14(10-16(28-18)20(21,22)23)19(31)26-13-5-8-30(9-6-13)17-4-2-3-7-25-17/h2-4,7,10-13H,5-6,8-9H2,1H3,(H,26,31). The van der Waals surface area contributed by atoms with Crippen molar-refractivity contribution in [2.75, 3.05) is 18.0 Å². The number of nitrogens with zero attached hydrogens (tertiary/aromatic N) is 6. The van der Waals surface area contributed by atoms with Gasteiger partial charge in [0.2, 0.25) is 0 Å². The van der Waals surface area contributed by atoms with Gasteiger partial charge in [-0.25, -0.2) is 19.9 Å². The number of alkyl halides is 3. The van der Waals surface area contributed by atoms with Gasteiger partial charge < -0.3 is 14.8 Å². The Labute approximate surface area is 176 Å². The molecule has 0 spiro atoms. The van der Waals surface area contributed by atoms with Crippen LogP contribution in [0.15, 0.2) is 43.0 Å². The first-order valence-corrected chi connectivity index (χ1v) is 9.71. The van der Waals surface area contributed by atoms with Gasteiger partial charge in [0, 0.05) is 38.4 Å². The molecule has 162 valence electrons. The second kappa shape index (κ2) is 8.32. The van der Waals surface area contributed by atoms with Gasteiger partial charge >= 0.3 is 6.18 Å². The maximum absolute atomic E-state index is 13.4. The molecule has 4 rings (SSSR count). The van der Waals surface area contributed by atoms with Gasteiger partial charge in [-0.3, -0.25) is 4.79 Å². The molecule has 1 fully saturated rings. The molecule has 0 unspecified atom stereocenters. The highest BCUT2D eigenvalue weighted by atomic mass is 19.4. The Balaban J connectivity index is 1.50. The summed E-state index contributed by atoms with van der Waals surface area (Å²) in [5.41, 5.74) is -1.22. The summed E-state index contributed by atoms with van der Waals surface area (Å²) in [7, 11) is 1.61. The third-order valence-corrected chi connectivity index (χ3v) is 5.10. The van der Waals surface area contributed by atoms with Crippen molar-refractivity contribution in [2.45, 2.75) is 25.1 Å². The minimum Gasteiger partial charge on any atom is -0.356 e. The van der Waals surface area contributed by atoms with Gasteiger partial charge in [-0.05, 0) is 25.0 Å². The average molecular weight is 431 g/mol.